The number of nitrogens with one attached hydrogen (secondary N) is 1. The lowest BCUT2D eigenvalue weighted by molar-refractivity contribution is 0.174. The standard InChI is InChI=1S/C13H17NO4/c1-2-16-5-3-4-14-8-10-6-12-13(7-11(10)15)18-9-17-12/h2,6-7,14-15H,1,3-5,8-9H2. The summed E-state index contributed by atoms with van der Waals surface area (Å²) in [6.45, 7) is 5.71. The average Bonchev–Trinajstić information content (AvgIpc) is 2.80. The molecule has 0 unspecified atom stereocenters. The highest BCUT2D eigenvalue weighted by atomic mass is 16.7. The van der Waals surface area contributed by atoms with Crippen LogP contribution in [0, 0.1) is 0 Å². The molecular weight excluding hydrogens is 234 g/mol. The van der Waals surface area contributed by atoms with Gasteiger partial charge in [0.25, 0.3) is 0 Å². The molecule has 0 saturated carbocycles. The van der Waals surface area contributed by atoms with Gasteiger partial charge in [-0.3, -0.25) is 0 Å². The average molecular weight is 251 g/mol. The lowest BCUT2D eigenvalue weighted by Gasteiger charge is -2.08. The van der Waals surface area contributed by atoms with Crippen LogP contribution in [0.1, 0.15) is 12.0 Å². The molecule has 1 aliphatic heterocycles. The second-order valence-electron chi connectivity index (χ2n) is 3.90. The van der Waals surface area contributed by atoms with Crippen LogP contribution in [0.15, 0.2) is 25.0 Å². The van der Waals surface area contributed by atoms with E-state index >= 15 is 0 Å². The number of benzene rings is 1. The maximum atomic E-state index is 9.80. The third-order valence-corrected chi connectivity index (χ3v) is 2.62. The van der Waals surface area contributed by atoms with Gasteiger partial charge in [0.2, 0.25) is 6.79 Å². The first kappa shape index (κ1) is 12.6. The first-order chi connectivity index (χ1) is 8.81. The lowest BCUT2D eigenvalue weighted by Crippen LogP contribution is -2.16. The molecular formula is C13H17NO4. The Morgan fingerprint density at radius 1 is 1.39 bits per heavy atom. The second kappa shape index (κ2) is 6.16. The molecule has 2 rings (SSSR count). The van der Waals surface area contributed by atoms with Gasteiger partial charge in [-0.05, 0) is 19.0 Å². The molecule has 1 heterocycles. The molecule has 1 aliphatic rings. The van der Waals surface area contributed by atoms with E-state index in [0.29, 0.717) is 24.7 Å². The molecule has 0 atom stereocenters. The fourth-order valence-corrected chi connectivity index (χ4v) is 1.70. The minimum Gasteiger partial charge on any atom is -0.507 e. The first-order valence-electron chi connectivity index (χ1n) is 5.86. The van der Waals surface area contributed by atoms with Gasteiger partial charge < -0.3 is 24.6 Å². The summed E-state index contributed by atoms with van der Waals surface area (Å²) in [5.74, 6) is 1.49. The van der Waals surface area contributed by atoms with Crippen LogP contribution in [0.2, 0.25) is 0 Å². The molecule has 0 aromatic heterocycles. The number of phenolic OH excluding ortho intramolecular Hbond substituents is 1. The Kier molecular flexibility index (Phi) is 4.30. The summed E-state index contributed by atoms with van der Waals surface area (Å²) >= 11 is 0. The molecule has 1 aromatic carbocycles. The number of rotatable bonds is 7. The van der Waals surface area contributed by atoms with Gasteiger partial charge in [-0.15, -0.1) is 0 Å². The molecule has 0 bridgehead atoms. The summed E-state index contributed by atoms with van der Waals surface area (Å²) in [7, 11) is 0. The second-order valence-corrected chi connectivity index (χ2v) is 3.90. The molecule has 0 aliphatic carbocycles. The van der Waals surface area contributed by atoms with Gasteiger partial charge >= 0.3 is 0 Å². The Bertz CT molecular complexity index is 420. The number of phenols is 1. The van der Waals surface area contributed by atoms with E-state index < -0.39 is 0 Å². The monoisotopic (exact) mass is 251 g/mol. The van der Waals surface area contributed by atoms with E-state index in [4.69, 9.17) is 14.2 Å². The van der Waals surface area contributed by atoms with Crippen molar-refractivity contribution in [3.05, 3.63) is 30.5 Å². The molecule has 0 radical (unpaired) electrons. The van der Waals surface area contributed by atoms with Gasteiger partial charge in [0.15, 0.2) is 11.5 Å². The Hall–Kier alpha value is -1.88. The SMILES string of the molecule is C=COCCCNCc1cc2c(cc1O)OCO2. The summed E-state index contributed by atoms with van der Waals surface area (Å²) in [6.07, 6.45) is 2.32. The van der Waals surface area contributed by atoms with E-state index in [2.05, 4.69) is 11.9 Å². The Balaban J connectivity index is 1.80. The van der Waals surface area contributed by atoms with Crippen LogP contribution in [0.3, 0.4) is 0 Å². The summed E-state index contributed by atoms with van der Waals surface area (Å²) in [6, 6.07) is 3.38. The molecule has 18 heavy (non-hydrogen) atoms. The molecule has 2 N–H and O–H groups in total. The van der Waals surface area contributed by atoms with Gasteiger partial charge in [0.1, 0.15) is 5.75 Å². The van der Waals surface area contributed by atoms with Gasteiger partial charge in [-0.2, -0.15) is 0 Å². The minimum atomic E-state index is 0.213. The van der Waals surface area contributed by atoms with Crippen molar-refractivity contribution in [3.8, 4) is 17.2 Å². The predicted octanol–water partition coefficient (Wildman–Crippen LogP) is 1.76. The third kappa shape index (κ3) is 3.07. The van der Waals surface area contributed by atoms with E-state index in [0.717, 1.165) is 18.5 Å². The topological polar surface area (TPSA) is 60.0 Å². The molecule has 0 fully saturated rings. The van der Waals surface area contributed by atoms with Crippen molar-refractivity contribution in [1.29, 1.82) is 0 Å². The Morgan fingerprint density at radius 2 is 2.17 bits per heavy atom. The summed E-state index contributed by atoms with van der Waals surface area (Å²) in [4.78, 5) is 0. The number of fused-ring (bicyclic) bond motifs is 1. The zero-order valence-corrected chi connectivity index (χ0v) is 10.1. The maximum absolute atomic E-state index is 9.80. The highest BCUT2D eigenvalue weighted by Crippen LogP contribution is 2.37. The number of ether oxygens (including phenoxy) is 3. The van der Waals surface area contributed by atoms with Crippen LogP contribution < -0.4 is 14.8 Å². The summed E-state index contributed by atoms with van der Waals surface area (Å²) < 4.78 is 15.4. The smallest absolute Gasteiger partial charge is 0.231 e. The zero-order chi connectivity index (χ0) is 12.8. The molecule has 98 valence electrons. The number of aromatic hydroxyl groups is 1. The maximum Gasteiger partial charge on any atom is 0.231 e. The predicted molar refractivity (Wildman–Crippen MR) is 66.7 cm³/mol. The van der Waals surface area contributed by atoms with Gasteiger partial charge in [-0.25, -0.2) is 0 Å². The molecule has 0 spiro atoms. The van der Waals surface area contributed by atoms with Crippen LogP contribution in [-0.2, 0) is 11.3 Å². The van der Waals surface area contributed by atoms with Crippen molar-refractivity contribution in [2.45, 2.75) is 13.0 Å². The molecule has 0 amide bonds. The van der Waals surface area contributed by atoms with E-state index in [9.17, 15) is 5.11 Å². The Labute approximate surface area is 106 Å². The van der Waals surface area contributed by atoms with Crippen molar-refractivity contribution in [3.63, 3.8) is 0 Å². The van der Waals surface area contributed by atoms with Crippen molar-refractivity contribution >= 4 is 0 Å². The quantitative estimate of drug-likeness (QED) is 0.571. The summed E-state index contributed by atoms with van der Waals surface area (Å²) in [5, 5.41) is 13.0. The van der Waals surface area contributed by atoms with Gasteiger partial charge in [-0.1, -0.05) is 6.58 Å². The highest BCUT2D eigenvalue weighted by Gasteiger charge is 2.16. The van der Waals surface area contributed by atoms with Gasteiger partial charge in [0.05, 0.1) is 12.9 Å². The van der Waals surface area contributed by atoms with E-state index in [1.54, 1.807) is 12.1 Å². The largest absolute Gasteiger partial charge is 0.507 e. The minimum absolute atomic E-state index is 0.213. The van der Waals surface area contributed by atoms with E-state index in [-0.39, 0.29) is 12.5 Å². The molecule has 1 aromatic rings. The van der Waals surface area contributed by atoms with Gasteiger partial charge in [0, 0.05) is 18.2 Å². The zero-order valence-electron chi connectivity index (χ0n) is 10.1. The van der Waals surface area contributed by atoms with Crippen LogP contribution in [0.25, 0.3) is 0 Å². The number of hydrogen-bond donors (Lipinski definition) is 2. The van der Waals surface area contributed by atoms with Crippen LogP contribution in [0.5, 0.6) is 17.2 Å². The third-order valence-electron chi connectivity index (χ3n) is 2.62. The van der Waals surface area contributed by atoms with Crippen molar-refractivity contribution in [1.82, 2.24) is 5.32 Å². The highest BCUT2D eigenvalue weighted by molar-refractivity contribution is 5.51. The van der Waals surface area contributed by atoms with Crippen molar-refractivity contribution in [2.24, 2.45) is 0 Å². The molecule has 0 saturated heterocycles. The fraction of sp³-hybridized carbons (Fsp3) is 0.385. The van der Waals surface area contributed by atoms with Crippen molar-refractivity contribution < 1.29 is 19.3 Å². The fourth-order valence-electron chi connectivity index (χ4n) is 1.70. The van der Waals surface area contributed by atoms with E-state index in [1.165, 1.54) is 6.26 Å². The van der Waals surface area contributed by atoms with E-state index in [1.807, 2.05) is 0 Å². The van der Waals surface area contributed by atoms with Crippen LogP contribution in [-0.4, -0.2) is 25.1 Å². The lowest BCUT2D eigenvalue weighted by atomic mass is 10.1. The number of hydrogen-bond acceptors (Lipinski definition) is 5. The molecule has 5 heteroatoms. The van der Waals surface area contributed by atoms with Crippen molar-refractivity contribution in [2.75, 3.05) is 19.9 Å². The van der Waals surface area contributed by atoms with Crippen LogP contribution >= 0.6 is 0 Å². The Morgan fingerprint density at radius 3 is 2.94 bits per heavy atom. The first-order valence-corrected chi connectivity index (χ1v) is 5.86. The van der Waals surface area contributed by atoms with Crippen LogP contribution in [0.4, 0.5) is 0 Å². The molecule has 5 nitrogen and oxygen atoms in total. The summed E-state index contributed by atoms with van der Waals surface area (Å²) in [5.41, 5.74) is 0.795. The normalized spacial score (nSPS) is 12.4.